The Morgan fingerprint density at radius 3 is 2.86 bits per heavy atom. The summed E-state index contributed by atoms with van der Waals surface area (Å²) in [5.41, 5.74) is 1.46. The topological polar surface area (TPSA) is 48.7 Å². The molecule has 3 rings (SSSR count). The number of piperidine rings is 1. The standard InChI is InChI=1S/C21H31FN6/c1-5-24-21(25-13-17-6-7-19(26(3)4)18(22)12-17)27-10-8-16(2)20(14-27)28-11-9-23-15-28/h6-7,9,11-12,15-16,20H,5,8,10,13-14H2,1-4H3,(H,24,25). The van der Waals surface area contributed by atoms with Crippen LogP contribution in [0, 0.1) is 11.7 Å². The Bertz CT molecular complexity index is 786. The van der Waals surface area contributed by atoms with Crippen LogP contribution in [0.1, 0.15) is 31.9 Å². The van der Waals surface area contributed by atoms with Gasteiger partial charge in [-0.05, 0) is 37.0 Å². The summed E-state index contributed by atoms with van der Waals surface area (Å²) in [6.07, 6.45) is 6.85. The van der Waals surface area contributed by atoms with Gasteiger partial charge in [0.1, 0.15) is 5.82 Å². The van der Waals surface area contributed by atoms with E-state index in [2.05, 4.69) is 33.6 Å². The van der Waals surface area contributed by atoms with Crippen LogP contribution in [0.4, 0.5) is 10.1 Å². The molecular weight excluding hydrogens is 355 g/mol. The third-order valence-electron chi connectivity index (χ3n) is 5.37. The van der Waals surface area contributed by atoms with E-state index >= 15 is 0 Å². The molecule has 0 bridgehead atoms. The van der Waals surface area contributed by atoms with Crippen molar-refractivity contribution < 1.29 is 4.39 Å². The van der Waals surface area contributed by atoms with Crippen LogP contribution in [0.3, 0.4) is 0 Å². The lowest BCUT2D eigenvalue weighted by Gasteiger charge is -2.39. The highest BCUT2D eigenvalue weighted by atomic mass is 19.1. The first-order valence-corrected chi connectivity index (χ1v) is 9.96. The van der Waals surface area contributed by atoms with Gasteiger partial charge in [0.25, 0.3) is 0 Å². The fourth-order valence-corrected chi connectivity index (χ4v) is 3.70. The second-order valence-electron chi connectivity index (χ2n) is 7.64. The average Bonchev–Trinajstić information content (AvgIpc) is 3.20. The van der Waals surface area contributed by atoms with Gasteiger partial charge in [-0.15, -0.1) is 0 Å². The van der Waals surface area contributed by atoms with Crippen LogP contribution in [-0.4, -0.2) is 54.1 Å². The summed E-state index contributed by atoms with van der Waals surface area (Å²) in [4.78, 5) is 13.1. The molecule has 1 aromatic heterocycles. The number of hydrogen-bond acceptors (Lipinski definition) is 3. The number of rotatable bonds is 5. The first-order chi connectivity index (χ1) is 13.5. The molecule has 1 aromatic carbocycles. The van der Waals surface area contributed by atoms with E-state index in [1.54, 1.807) is 11.0 Å². The molecule has 1 N–H and O–H groups in total. The van der Waals surface area contributed by atoms with Gasteiger partial charge in [0.15, 0.2) is 5.96 Å². The number of nitrogens with zero attached hydrogens (tertiary/aromatic N) is 5. The van der Waals surface area contributed by atoms with Crippen LogP contribution in [0.2, 0.25) is 0 Å². The van der Waals surface area contributed by atoms with Crippen molar-refractivity contribution in [3.8, 4) is 0 Å². The number of nitrogens with one attached hydrogen (secondary N) is 1. The van der Waals surface area contributed by atoms with E-state index in [-0.39, 0.29) is 5.82 Å². The number of benzene rings is 1. The van der Waals surface area contributed by atoms with Gasteiger partial charge in [0.2, 0.25) is 0 Å². The normalized spacial score (nSPS) is 20.3. The Hall–Kier alpha value is -2.57. The molecular formula is C21H31FN6. The fourth-order valence-electron chi connectivity index (χ4n) is 3.70. The fraction of sp³-hybridized carbons (Fsp3) is 0.524. The van der Waals surface area contributed by atoms with Crippen LogP contribution >= 0.6 is 0 Å². The lowest BCUT2D eigenvalue weighted by Crippen LogP contribution is -2.49. The van der Waals surface area contributed by atoms with E-state index in [9.17, 15) is 4.39 Å². The van der Waals surface area contributed by atoms with E-state index < -0.39 is 0 Å². The molecule has 0 spiro atoms. The molecule has 1 aliphatic heterocycles. The third kappa shape index (κ3) is 4.64. The predicted molar refractivity (Wildman–Crippen MR) is 112 cm³/mol. The molecule has 0 radical (unpaired) electrons. The number of aromatic nitrogens is 2. The van der Waals surface area contributed by atoms with E-state index in [0.29, 0.717) is 24.2 Å². The van der Waals surface area contributed by atoms with Gasteiger partial charge >= 0.3 is 0 Å². The average molecular weight is 387 g/mol. The SMILES string of the molecule is CCNC(=NCc1ccc(N(C)C)c(F)c1)N1CCC(C)C(n2ccnc2)C1. The number of halogens is 1. The zero-order chi connectivity index (χ0) is 20.1. The molecule has 0 aliphatic carbocycles. The predicted octanol–water partition coefficient (Wildman–Crippen LogP) is 3.14. The van der Waals surface area contributed by atoms with Gasteiger partial charge in [-0.2, -0.15) is 0 Å². The minimum atomic E-state index is -0.213. The lowest BCUT2D eigenvalue weighted by molar-refractivity contribution is 0.189. The van der Waals surface area contributed by atoms with Gasteiger partial charge < -0.3 is 19.7 Å². The largest absolute Gasteiger partial charge is 0.375 e. The first kappa shape index (κ1) is 20.2. The van der Waals surface area contributed by atoms with Crippen molar-refractivity contribution in [2.75, 3.05) is 38.6 Å². The quantitative estimate of drug-likeness (QED) is 0.634. The molecule has 2 unspecified atom stereocenters. The number of likely N-dealkylation sites (tertiary alicyclic amines) is 1. The molecule has 28 heavy (non-hydrogen) atoms. The van der Waals surface area contributed by atoms with Crippen LogP contribution in [-0.2, 0) is 6.54 Å². The van der Waals surface area contributed by atoms with Crippen molar-refractivity contribution in [1.29, 1.82) is 0 Å². The molecule has 7 heteroatoms. The van der Waals surface area contributed by atoms with E-state index in [4.69, 9.17) is 4.99 Å². The molecule has 1 saturated heterocycles. The Morgan fingerprint density at radius 2 is 2.21 bits per heavy atom. The Kier molecular flexibility index (Phi) is 6.54. The number of aliphatic imine (C=N–C) groups is 1. The lowest BCUT2D eigenvalue weighted by atomic mass is 9.93. The minimum Gasteiger partial charge on any atom is -0.375 e. The summed E-state index contributed by atoms with van der Waals surface area (Å²) in [6.45, 7) is 7.47. The minimum absolute atomic E-state index is 0.213. The first-order valence-electron chi connectivity index (χ1n) is 9.96. The van der Waals surface area contributed by atoms with Gasteiger partial charge in [-0.3, -0.25) is 0 Å². The van der Waals surface area contributed by atoms with Crippen molar-refractivity contribution in [1.82, 2.24) is 19.8 Å². The maximum Gasteiger partial charge on any atom is 0.194 e. The van der Waals surface area contributed by atoms with E-state index in [0.717, 1.165) is 37.6 Å². The highest BCUT2D eigenvalue weighted by molar-refractivity contribution is 5.80. The molecule has 2 aromatic rings. The summed E-state index contributed by atoms with van der Waals surface area (Å²) < 4.78 is 16.4. The molecule has 2 atom stereocenters. The van der Waals surface area contributed by atoms with Crippen LogP contribution in [0.25, 0.3) is 0 Å². The molecule has 1 fully saturated rings. The smallest absolute Gasteiger partial charge is 0.194 e. The highest BCUT2D eigenvalue weighted by Gasteiger charge is 2.28. The van der Waals surface area contributed by atoms with Gasteiger partial charge in [-0.1, -0.05) is 13.0 Å². The number of imidazole rings is 1. The Morgan fingerprint density at radius 1 is 1.39 bits per heavy atom. The molecule has 6 nitrogen and oxygen atoms in total. The highest BCUT2D eigenvalue weighted by Crippen LogP contribution is 2.27. The van der Waals surface area contributed by atoms with Crippen LogP contribution in [0.15, 0.2) is 41.9 Å². The van der Waals surface area contributed by atoms with Gasteiger partial charge in [0.05, 0.1) is 24.6 Å². The number of guanidine groups is 1. The van der Waals surface area contributed by atoms with E-state index in [1.807, 2.05) is 44.9 Å². The molecule has 1 aliphatic rings. The van der Waals surface area contributed by atoms with Crippen molar-refractivity contribution in [3.05, 3.63) is 48.3 Å². The van der Waals surface area contributed by atoms with E-state index in [1.165, 1.54) is 0 Å². The molecule has 152 valence electrons. The maximum atomic E-state index is 14.3. The monoisotopic (exact) mass is 386 g/mol. The zero-order valence-corrected chi connectivity index (χ0v) is 17.3. The summed E-state index contributed by atoms with van der Waals surface area (Å²) in [5.74, 6) is 1.26. The van der Waals surface area contributed by atoms with Crippen LogP contribution in [0.5, 0.6) is 0 Å². The van der Waals surface area contributed by atoms with Crippen molar-refractivity contribution in [2.24, 2.45) is 10.9 Å². The number of hydrogen-bond donors (Lipinski definition) is 1. The summed E-state index contributed by atoms with van der Waals surface area (Å²) in [7, 11) is 3.68. The second-order valence-corrected chi connectivity index (χ2v) is 7.64. The van der Waals surface area contributed by atoms with Gasteiger partial charge in [-0.25, -0.2) is 14.4 Å². The third-order valence-corrected chi connectivity index (χ3v) is 5.37. The van der Waals surface area contributed by atoms with Crippen molar-refractivity contribution in [3.63, 3.8) is 0 Å². The molecule has 0 saturated carbocycles. The van der Waals surface area contributed by atoms with Crippen LogP contribution < -0.4 is 10.2 Å². The Labute approximate surface area is 167 Å². The van der Waals surface area contributed by atoms with Crippen molar-refractivity contribution >= 4 is 11.6 Å². The second kappa shape index (κ2) is 9.08. The zero-order valence-electron chi connectivity index (χ0n) is 17.3. The summed E-state index contributed by atoms with van der Waals surface area (Å²) >= 11 is 0. The molecule has 0 amide bonds. The van der Waals surface area contributed by atoms with Crippen molar-refractivity contribution in [2.45, 2.75) is 32.9 Å². The Balaban J connectivity index is 1.74. The molecule has 2 heterocycles. The summed E-state index contributed by atoms with van der Waals surface area (Å²) in [6, 6.07) is 5.70. The number of anilines is 1. The summed E-state index contributed by atoms with van der Waals surface area (Å²) in [5, 5.41) is 3.40. The van der Waals surface area contributed by atoms with Gasteiger partial charge in [0, 0.05) is 46.1 Å². The maximum absolute atomic E-state index is 14.3.